The zero-order chi connectivity index (χ0) is 24.9. The molecule has 0 aromatic heterocycles. The van der Waals surface area contributed by atoms with Crippen molar-refractivity contribution in [2.45, 2.75) is 44.2 Å². The SMILES string of the molecule is CCCN1C(=O)c2ccccc2C(C(=O)NCC2CCCO2)C1c1cc(OC)c(OC)c(OC)c1. The number of benzene rings is 2. The van der Waals surface area contributed by atoms with E-state index in [1.165, 1.54) is 0 Å². The first-order valence-corrected chi connectivity index (χ1v) is 12.1. The third-order valence-electron chi connectivity index (χ3n) is 6.74. The van der Waals surface area contributed by atoms with Gasteiger partial charge in [-0.3, -0.25) is 9.59 Å². The van der Waals surface area contributed by atoms with Gasteiger partial charge in [-0.1, -0.05) is 25.1 Å². The number of nitrogens with zero attached hydrogens (tertiary/aromatic N) is 1. The van der Waals surface area contributed by atoms with Gasteiger partial charge in [-0.25, -0.2) is 0 Å². The quantitative estimate of drug-likeness (QED) is 0.587. The molecule has 2 aliphatic rings. The smallest absolute Gasteiger partial charge is 0.254 e. The zero-order valence-corrected chi connectivity index (χ0v) is 20.8. The molecule has 8 heteroatoms. The van der Waals surface area contributed by atoms with Gasteiger partial charge in [-0.15, -0.1) is 0 Å². The molecule has 2 aliphatic heterocycles. The summed E-state index contributed by atoms with van der Waals surface area (Å²) in [6.45, 7) is 3.69. The van der Waals surface area contributed by atoms with E-state index in [-0.39, 0.29) is 17.9 Å². The van der Waals surface area contributed by atoms with Gasteiger partial charge in [0.05, 0.1) is 39.4 Å². The maximum atomic E-state index is 13.8. The first kappa shape index (κ1) is 24.9. The molecule has 188 valence electrons. The average molecular weight is 483 g/mol. The van der Waals surface area contributed by atoms with Gasteiger partial charge in [0, 0.05) is 25.3 Å². The van der Waals surface area contributed by atoms with Crippen molar-refractivity contribution in [3.8, 4) is 17.2 Å². The van der Waals surface area contributed by atoms with E-state index in [2.05, 4.69) is 5.32 Å². The van der Waals surface area contributed by atoms with Crippen LogP contribution in [-0.4, -0.2) is 63.8 Å². The first-order valence-electron chi connectivity index (χ1n) is 12.1. The maximum absolute atomic E-state index is 13.8. The van der Waals surface area contributed by atoms with E-state index in [1.807, 2.05) is 37.3 Å². The molecule has 3 atom stereocenters. The van der Waals surface area contributed by atoms with Crippen molar-refractivity contribution < 1.29 is 28.5 Å². The third kappa shape index (κ3) is 4.80. The van der Waals surface area contributed by atoms with Crippen LogP contribution < -0.4 is 19.5 Å². The lowest BCUT2D eigenvalue weighted by molar-refractivity contribution is -0.124. The van der Waals surface area contributed by atoms with E-state index < -0.39 is 12.0 Å². The summed E-state index contributed by atoms with van der Waals surface area (Å²) in [5, 5.41) is 3.10. The molecule has 0 radical (unpaired) electrons. The summed E-state index contributed by atoms with van der Waals surface area (Å²) < 4.78 is 22.4. The number of rotatable bonds is 9. The number of carbonyl (C=O) groups is 2. The Hall–Kier alpha value is -3.26. The Balaban J connectivity index is 1.83. The number of nitrogens with one attached hydrogen (secondary N) is 1. The highest BCUT2D eigenvalue weighted by Crippen LogP contribution is 2.47. The molecule has 1 saturated heterocycles. The minimum atomic E-state index is -0.611. The molecule has 2 heterocycles. The Morgan fingerprint density at radius 1 is 1.11 bits per heavy atom. The Bertz CT molecular complexity index is 1040. The van der Waals surface area contributed by atoms with Crippen LogP contribution in [0.15, 0.2) is 36.4 Å². The van der Waals surface area contributed by atoms with E-state index in [0.29, 0.717) is 41.5 Å². The second-order valence-corrected chi connectivity index (χ2v) is 8.85. The van der Waals surface area contributed by atoms with Gasteiger partial charge in [0.2, 0.25) is 11.7 Å². The van der Waals surface area contributed by atoms with E-state index in [9.17, 15) is 9.59 Å². The Kier molecular flexibility index (Phi) is 7.80. The van der Waals surface area contributed by atoms with Crippen LogP contribution in [0.1, 0.15) is 59.6 Å². The Morgan fingerprint density at radius 2 is 1.83 bits per heavy atom. The molecule has 0 spiro atoms. The zero-order valence-electron chi connectivity index (χ0n) is 20.8. The number of amides is 2. The fourth-order valence-electron chi connectivity index (χ4n) is 5.13. The first-order chi connectivity index (χ1) is 17.0. The van der Waals surface area contributed by atoms with Crippen molar-refractivity contribution in [2.24, 2.45) is 0 Å². The van der Waals surface area contributed by atoms with Crippen molar-refractivity contribution in [3.63, 3.8) is 0 Å². The minimum absolute atomic E-state index is 0.0192. The highest BCUT2D eigenvalue weighted by atomic mass is 16.5. The monoisotopic (exact) mass is 482 g/mol. The highest BCUT2D eigenvalue weighted by Gasteiger charge is 2.44. The number of hydrogen-bond donors (Lipinski definition) is 1. The number of ether oxygens (including phenoxy) is 4. The van der Waals surface area contributed by atoms with E-state index >= 15 is 0 Å². The van der Waals surface area contributed by atoms with Crippen molar-refractivity contribution in [1.82, 2.24) is 10.2 Å². The topological polar surface area (TPSA) is 86.3 Å². The molecular formula is C27H34N2O6. The molecule has 2 aromatic carbocycles. The van der Waals surface area contributed by atoms with Crippen LogP contribution in [0.5, 0.6) is 17.2 Å². The van der Waals surface area contributed by atoms with Crippen LogP contribution in [0.25, 0.3) is 0 Å². The molecule has 3 unspecified atom stereocenters. The van der Waals surface area contributed by atoms with E-state index in [0.717, 1.165) is 31.4 Å². The maximum Gasteiger partial charge on any atom is 0.254 e. The van der Waals surface area contributed by atoms with Gasteiger partial charge in [0.25, 0.3) is 5.91 Å². The normalized spacial score (nSPS) is 21.4. The van der Waals surface area contributed by atoms with Crippen molar-refractivity contribution >= 4 is 11.8 Å². The summed E-state index contributed by atoms with van der Waals surface area (Å²) in [6.07, 6.45) is 2.70. The fraction of sp³-hybridized carbons (Fsp3) is 0.481. The minimum Gasteiger partial charge on any atom is -0.493 e. The Labute approximate surface area is 206 Å². The van der Waals surface area contributed by atoms with Crippen LogP contribution in [0.2, 0.25) is 0 Å². The fourth-order valence-corrected chi connectivity index (χ4v) is 5.13. The average Bonchev–Trinajstić information content (AvgIpc) is 3.41. The molecule has 0 bridgehead atoms. The number of methoxy groups -OCH3 is 3. The molecule has 8 nitrogen and oxygen atoms in total. The lowest BCUT2D eigenvalue weighted by Crippen LogP contribution is -2.48. The molecule has 0 aliphatic carbocycles. The van der Waals surface area contributed by atoms with E-state index in [1.54, 1.807) is 32.3 Å². The van der Waals surface area contributed by atoms with Crippen molar-refractivity contribution in [1.29, 1.82) is 0 Å². The second kappa shape index (κ2) is 11.0. The summed E-state index contributed by atoms with van der Waals surface area (Å²) in [6, 6.07) is 10.5. The lowest BCUT2D eigenvalue weighted by Gasteiger charge is -2.42. The van der Waals surface area contributed by atoms with Gasteiger partial charge in [0.15, 0.2) is 11.5 Å². The predicted octanol–water partition coefficient (Wildman–Crippen LogP) is 3.70. The molecular weight excluding hydrogens is 448 g/mol. The van der Waals surface area contributed by atoms with Crippen LogP contribution in [0, 0.1) is 0 Å². The van der Waals surface area contributed by atoms with E-state index in [4.69, 9.17) is 18.9 Å². The van der Waals surface area contributed by atoms with Crippen LogP contribution in [-0.2, 0) is 9.53 Å². The molecule has 4 rings (SSSR count). The molecule has 2 aromatic rings. The summed E-state index contributed by atoms with van der Waals surface area (Å²) >= 11 is 0. The molecule has 1 N–H and O–H groups in total. The molecule has 0 saturated carbocycles. The molecule has 2 amide bonds. The number of fused-ring (bicyclic) bond motifs is 1. The Morgan fingerprint density at radius 3 is 2.43 bits per heavy atom. The highest BCUT2D eigenvalue weighted by molar-refractivity contribution is 6.01. The standard InChI is InChI=1S/C27H34N2O6/c1-5-12-29-24(17-14-21(32-2)25(34-4)22(15-17)33-3)23(19-10-6-7-11-20(19)27(29)31)26(30)28-16-18-9-8-13-35-18/h6-7,10-11,14-15,18,23-24H,5,8-9,12-13,16H2,1-4H3,(H,28,30). The summed E-state index contributed by atoms with van der Waals surface area (Å²) in [7, 11) is 4.65. The van der Waals surface area contributed by atoms with Gasteiger partial charge >= 0.3 is 0 Å². The lowest BCUT2D eigenvalue weighted by atomic mass is 9.79. The van der Waals surface area contributed by atoms with Gasteiger partial charge in [-0.2, -0.15) is 0 Å². The summed E-state index contributed by atoms with van der Waals surface area (Å²) in [4.78, 5) is 29.2. The van der Waals surface area contributed by atoms with Crippen LogP contribution in [0.3, 0.4) is 0 Å². The molecule has 35 heavy (non-hydrogen) atoms. The number of hydrogen-bond acceptors (Lipinski definition) is 6. The summed E-state index contributed by atoms with van der Waals surface area (Å²) in [5.74, 6) is 0.568. The van der Waals surface area contributed by atoms with Gasteiger partial charge < -0.3 is 29.2 Å². The van der Waals surface area contributed by atoms with Crippen molar-refractivity contribution in [2.75, 3.05) is 41.0 Å². The van der Waals surface area contributed by atoms with Crippen molar-refractivity contribution in [3.05, 3.63) is 53.1 Å². The van der Waals surface area contributed by atoms with Crippen LogP contribution in [0.4, 0.5) is 0 Å². The largest absolute Gasteiger partial charge is 0.493 e. The van der Waals surface area contributed by atoms with Gasteiger partial charge in [0.1, 0.15) is 0 Å². The third-order valence-corrected chi connectivity index (χ3v) is 6.74. The molecule has 1 fully saturated rings. The predicted molar refractivity (Wildman–Crippen MR) is 131 cm³/mol. The van der Waals surface area contributed by atoms with Crippen LogP contribution >= 0.6 is 0 Å². The second-order valence-electron chi connectivity index (χ2n) is 8.85. The number of carbonyl (C=O) groups excluding carboxylic acids is 2. The summed E-state index contributed by atoms with van der Waals surface area (Å²) in [5.41, 5.74) is 2.02. The van der Waals surface area contributed by atoms with Gasteiger partial charge in [-0.05, 0) is 48.6 Å².